The summed E-state index contributed by atoms with van der Waals surface area (Å²) in [6.07, 6.45) is 2.95. The van der Waals surface area contributed by atoms with Crippen LogP contribution in [0.1, 0.15) is 59.3 Å². The summed E-state index contributed by atoms with van der Waals surface area (Å²) in [6, 6.07) is 0. The topological polar surface area (TPSA) is 78.9 Å². The molecule has 6 rings (SSSR count). The van der Waals surface area contributed by atoms with Crippen molar-refractivity contribution in [3.8, 4) is 0 Å². The predicted molar refractivity (Wildman–Crippen MR) is 105 cm³/mol. The molecule has 0 N–H and O–H groups in total. The molecule has 6 fully saturated rings. The molecule has 6 nitrogen and oxygen atoms in total. The van der Waals surface area contributed by atoms with E-state index in [4.69, 9.17) is 14.2 Å². The van der Waals surface area contributed by atoms with Gasteiger partial charge >= 0.3 is 17.9 Å². The van der Waals surface area contributed by atoms with Gasteiger partial charge in [-0.25, -0.2) is 9.18 Å². The molecule has 12 unspecified atom stereocenters. The minimum atomic E-state index is -1.76. The van der Waals surface area contributed by atoms with Crippen LogP contribution in [-0.2, 0) is 28.6 Å². The molecule has 0 aromatic rings. The lowest BCUT2D eigenvalue weighted by molar-refractivity contribution is -0.194. The molecule has 0 radical (unpaired) electrons. The van der Waals surface area contributed by atoms with E-state index in [9.17, 15) is 18.8 Å². The summed E-state index contributed by atoms with van der Waals surface area (Å²) in [5, 5.41) is 0. The van der Waals surface area contributed by atoms with Crippen molar-refractivity contribution in [2.75, 3.05) is 0 Å². The lowest BCUT2D eigenvalue weighted by atomic mass is 9.65. The van der Waals surface area contributed by atoms with E-state index in [2.05, 4.69) is 13.8 Å². The molecule has 6 aliphatic rings. The van der Waals surface area contributed by atoms with E-state index < -0.39 is 47.8 Å². The van der Waals surface area contributed by atoms with Crippen molar-refractivity contribution in [1.29, 1.82) is 0 Å². The van der Waals surface area contributed by atoms with Crippen molar-refractivity contribution >= 4 is 17.9 Å². The van der Waals surface area contributed by atoms with Crippen LogP contribution in [0.3, 0.4) is 0 Å². The molecule has 7 heteroatoms. The number of rotatable bonds is 5. The Morgan fingerprint density at radius 3 is 2.65 bits per heavy atom. The number of carbonyl (C=O) groups is 3. The molecular formula is C24H31FO6. The monoisotopic (exact) mass is 434 g/mol. The van der Waals surface area contributed by atoms with E-state index >= 15 is 0 Å². The third-order valence-electron chi connectivity index (χ3n) is 10.1. The van der Waals surface area contributed by atoms with Crippen molar-refractivity contribution in [1.82, 2.24) is 0 Å². The Morgan fingerprint density at radius 1 is 1.19 bits per heavy atom. The van der Waals surface area contributed by atoms with Gasteiger partial charge in [-0.1, -0.05) is 13.8 Å². The van der Waals surface area contributed by atoms with Crippen LogP contribution in [0.2, 0.25) is 0 Å². The van der Waals surface area contributed by atoms with E-state index in [1.807, 2.05) is 0 Å². The van der Waals surface area contributed by atoms with Crippen LogP contribution in [0.4, 0.5) is 4.39 Å². The smallest absolute Gasteiger partial charge is 0.340 e. The highest BCUT2D eigenvalue weighted by atomic mass is 19.1. The molecule has 0 aromatic carbocycles. The molecule has 1 spiro atoms. The number of hydrogen-bond donors (Lipinski definition) is 0. The Labute approximate surface area is 181 Å². The van der Waals surface area contributed by atoms with Gasteiger partial charge in [0.1, 0.15) is 17.8 Å². The first-order valence-corrected chi connectivity index (χ1v) is 12.0. The Bertz CT molecular complexity index is 857. The van der Waals surface area contributed by atoms with Gasteiger partial charge in [-0.05, 0) is 68.6 Å². The van der Waals surface area contributed by atoms with Crippen molar-refractivity contribution in [2.45, 2.75) is 83.3 Å². The van der Waals surface area contributed by atoms with Gasteiger partial charge in [0.15, 0.2) is 6.17 Å². The van der Waals surface area contributed by atoms with Crippen LogP contribution in [0.5, 0.6) is 0 Å². The van der Waals surface area contributed by atoms with Gasteiger partial charge in [0, 0.05) is 11.8 Å². The Morgan fingerprint density at radius 2 is 1.94 bits per heavy atom. The number of carbonyl (C=O) groups excluding carboxylic acids is 3. The molecule has 170 valence electrons. The second-order valence-corrected chi connectivity index (χ2v) is 11.3. The first-order chi connectivity index (χ1) is 14.7. The highest BCUT2D eigenvalue weighted by Crippen LogP contribution is 2.74. The molecule has 5 aliphatic carbocycles. The maximum Gasteiger partial charge on any atom is 0.340 e. The highest BCUT2D eigenvalue weighted by molar-refractivity contribution is 5.86. The van der Waals surface area contributed by atoms with Gasteiger partial charge in [-0.3, -0.25) is 9.59 Å². The zero-order chi connectivity index (χ0) is 21.9. The van der Waals surface area contributed by atoms with Gasteiger partial charge in [0.2, 0.25) is 0 Å². The summed E-state index contributed by atoms with van der Waals surface area (Å²) < 4.78 is 30.8. The molecule has 5 saturated carbocycles. The largest absolute Gasteiger partial charge is 0.458 e. The van der Waals surface area contributed by atoms with Crippen LogP contribution in [-0.4, -0.2) is 41.9 Å². The maximum atomic E-state index is 13.6. The Hall–Kier alpha value is -1.66. The Balaban J connectivity index is 1.26. The standard InChI is InChI=1S/C24H31FO6/c1-4-24(10(2)7-23-8-12(23)5-13(24)9-23)31-22(28)17-15-6-14-16(17)21(27)30-19(14)18(15)29-20(26)11(3)25/h10-19H,4-9H2,1-3H3. The minimum Gasteiger partial charge on any atom is -0.458 e. The zero-order valence-corrected chi connectivity index (χ0v) is 18.3. The van der Waals surface area contributed by atoms with Gasteiger partial charge in [-0.15, -0.1) is 0 Å². The number of fused-ring (bicyclic) bond motifs is 2. The number of esters is 3. The lowest BCUT2D eigenvalue weighted by Crippen LogP contribution is -2.53. The van der Waals surface area contributed by atoms with Gasteiger partial charge in [-0.2, -0.15) is 0 Å². The Kier molecular flexibility index (Phi) is 4.01. The van der Waals surface area contributed by atoms with Crippen LogP contribution >= 0.6 is 0 Å². The van der Waals surface area contributed by atoms with Crippen LogP contribution in [0, 0.1) is 46.8 Å². The second-order valence-electron chi connectivity index (χ2n) is 11.3. The number of hydrogen-bond acceptors (Lipinski definition) is 6. The average molecular weight is 435 g/mol. The minimum absolute atomic E-state index is 0.161. The van der Waals surface area contributed by atoms with Crippen molar-refractivity contribution in [2.24, 2.45) is 46.8 Å². The SMILES string of the molecule is CCC1(OC(=O)C2C3CC4C(OC(=O)C42)C3OC(=O)C(C)F)C(C)CC23CC2CC1C3. The van der Waals surface area contributed by atoms with Crippen molar-refractivity contribution < 1.29 is 33.0 Å². The van der Waals surface area contributed by atoms with Crippen LogP contribution in [0.25, 0.3) is 0 Å². The van der Waals surface area contributed by atoms with Crippen molar-refractivity contribution in [3.05, 3.63) is 0 Å². The van der Waals surface area contributed by atoms with Gasteiger partial charge < -0.3 is 14.2 Å². The van der Waals surface area contributed by atoms with Crippen molar-refractivity contribution in [3.63, 3.8) is 0 Å². The first-order valence-electron chi connectivity index (χ1n) is 12.0. The quantitative estimate of drug-likeness (QED) is 0.488. The molecule has 1 saturated heterocycles. The molecule has 0 aromatic heterocycles. The van der Waals surface area contributed by atoms with Crippen LogP contribution in [0.15, 0.2) is 0 Å². The third kappa shape index (κ3) is 2.46. The second kappa shape index (κ2) is 6.22. The fourth-order valence-corrected chi connectivity index (χ4v) is 8.67. The molecule has 31 heavy (non-hydrogen) atoms. The normalized spacial score (nSPS) is 53.7. The summed E-state index contributed by atoms with van der Waals surface area (Å²) in [7, 11) is 0. The molecular weight excluding hydrogens is 403 g/mol. The van der Waals surface area contributed by atoms with E-state index in [0.29, 0.717) is 17.8 Å². The fourth-order valence-electron chi connectivity index (χ4n) is 8.67. The first kappa shape index (κ1) is 20.0. The molecule has 1 heterocycles. The van der Waals surface area contributed by atoms with E-state index in [1.165, 1.54) is 6.42 Å². The third-order valence-corrected chi connectivity index (χ3v) is 10.1. The molecule has 1 aliphatic heterocycles. The fraction of sp³-hybridized carbons (Fsp3) is 0.875. The lowest BCUT2D eigenvalue weighted by Gasteiger charge is -2.48. The van der Waals surface area contributed by atoms with Gasteiger partial charge in [0.05, 0.1) is 11.8 Å². The molecule has 12 atom stereocenters. The summed E-state index contributed by atoms with van der Waals surface area (Å²) in [5.41, 5.74) is 0.00550. The number of ether oxygens (including phenoxy) is 3. The zero-order valence-electron chi connectivity index (χ0n) is 18.3. The summed E-state index contributed by atoms with van der Waals surface area (Å²) in [6.45, 7) is 5.43. The van der Waals surface area contributed by atoms with Crippen LogP contribution < -0.4 is 0 Å². The average Bonchev–Trinajstić information content (AvgIpc) is 3.06. The van der Waals surface area contributed by atoms with Gasteiger partial charge in [0.25, 0.3) is 0 Å². The number of halogens is 1. The molecule has 0 amide bonds. The highest BCUT2D eigenvalue weighted by Gasteiger charge is 2.72. The predicted octanol–water partition coefficient (Wildman–Crippen LogP) is 3.21. The summed E-state index contributed by atoms with van der Waals surface area (Å²) in [4.78, 5) is 38.2. The van der Waals surface area contributed by atoms with E-state index in [-0.39, 0.29) is 23.7 Å². The van der Waals surface area contributed by atoms with E-state index in [1.54, 1.807) is 0 Å². The van der Waals surface area contributed by atoms with E-state index in [0.717, 1.165) is 38.5 Å². The molecule has 4 bridgehead atoms. The summed E-state index contributed by atoms with van der Waals surface area (Å²) in [5.74, 6) is -1.99. The number of alkyl halides is 1. The summed E-state index contributed by atoms with van der Waals surface area (Å²) >= 11 is 0. The maximum absolute atomic E-state index is 13.6.